The largest absolute Gasteiger partial charge is 0.444 e. The number of hydrogen-bond donors (Lipinski definition) is 2. The number of anilines is 1. The molecule has 4 nitrogen and oxygen atoms in total. The van der Waals surface area contributed by atoms with Crippen LogP contribution in [-0.4, -0.2) is 11.0 Å². The Bertz CT molecular complexity index is 577. The molecule has 1 amide bonds. The first-order valence-electron chi connectivity index (χ1n) is 5.37. The summed E-state index contributed by atoms with van der Waals surface area (Å²) in [6.07, 6.45) is 0. The van der Waals surface area contributed by atoms with Crippen molar-refractivity contribution in [2.75, 3.05) is 5.32 Å². The molecule has 0 aliphatic heterocycles. The minimum atomic E-state index is -0.320. The number of hydrogen-bond acceptors (Lipinski definition) is 3. The third-order valence-corrected chi connectivity index (χ3v) is 2.96. The number of nitrogens with one attached hydrogen (secondary N) is 1. The zero-order valence-electron chi connectivity index (χ0n) is 9.74. The van der Waals surface area contributed by atoms with Gasteiger partial charge in [-0.15, -0.1) is 0 Å². The third-order valence-electron chi connectivity index (χ3n) is 2.53. The molecule has 0 saturated heterocycles. The number of halogens is 1. The number of amides is 1. The van der Waals surface area contributed by atoms with Gasteiger partial charge in [-0.1, -0.05) is 12.1 Å². The van der Waals surface area contributed by atoms with Crippen molar-refractivity contribution < 1.29 is 14.3 Å². The molecule has 0 atom stereocenters. The van der Waals surface area contributed by atoms with Gasteiger partial charge < -0.3 is 14.8 Å². The number of aliphatic hydroxyl groups is 1. The molecule has 0 aliphatic carbocycles. The van der Waals surface area contributed by atoms with Crippen molar-refractivity contribution in [3.8, 4) is 0 Å². The predicted molar refractivity (Wildman–Crippen MR) is 71.5 cm³/mol. The van der Waals surface area contributed by atoms with E-state index >= 15 is 0 Å². The fourth-order valence-corrected chi connectivity index (χ4v) is 1.83. The SMILES string of the molecule is Cc1ccc(CO)cc1NC(=O)c1ccc(Br)o1. The number of aliphatic hydroxyl groups excluding tert-OH is 1. The lowest BCUT2D eigenvalue weighted by molar-refractivity contribution is 0.0995. The van der Waals surface area contributed by atoms with Crippen LogP contribution in [0.25, 0.3) is 0 Å². The molecule has 0 spiro atoms. The summed E-state index contributed by atoms with van der Waals surface area (Å²) in [5, 5.41) is 11.8. The normalized spacial score (nSPS) is 10.4. The smallest absolute Gasteiger partial charge is 0.291 e. The average Bonchev–Trinajstić information content (AvgIpc) is 2.79. The third kappa shape index (κ3) is 2.80. The number of carbonyl (C=O) groups excluding carboxylic acids is 1. The van der Waals surface area contributed by atoms with Crippen molar-refractivity contribution in [1.29, 1.82) is 0 Å². The van der Waals surface area contributed by atoms with E-state index in [4.69, 9.17) is 9.52 Å². The van der Waals surface area contributed by atoms with Gasteiger partial charge in [-0.2, -0.15) is 0 Å². The molecule has 2 rings (SSSR count). The summed E-state index contributed by atoms with van der Waals surface area (Å²) in [5.74, 6) is -0.0884. The topological polar surface area (TPSA) is 62.5 Å². The first-order chi connectivity index (χ1) is 8.60. The highest BCUT2D eigenvalue weighted by molar-refractivity contribution is 9.10. The van der Waals surface area contributed by atoms with Crippen LogP contribution in [0.5, 0.6) is 0 Å². The molecule has 94 valence electrons. The van der Waals surface area contributed by atoms with Gasteiger partial charge in [0.05, 0.1) is 6.61 Å². The van der Waals surface area contributed by atoms with Gasteiger partial charge in [-0.25, -0.2) is 0 Å². The lowest BCUT2D eigenvalue weighted by Gasteiger charge is -2.08. The lowest BCUT2D eigenvalue weighted by atomic mass is 10.1. The van der Waals surface area contributed by atoms with Gasteiger partial charge in [0.15, 0.2) is 10.4 Å². The van der Waals surface area contributed by atoms with Crippen LogP contribution >= 0.6 is 15.9 Å². The van der Waals surface area contributed by atoms with E-state index in [-0.39, 0.29) is 18.3 Å². The van der Waals surface area contributed by atoms with Crippen LogP contribution in [0, 0.1) is 6.92 Å². The van der Waals surface area contributed by atoms with E-state index in [1.807, 2.05) is 19.1 Å². The average molecular weight is 310 g/mol. The van der Waals surface area contributed by atoms with Gasteiger partial charge >= 0.3 is 0 Å². The Labute approximate surface area is 113 Å². The molecule has 0 bridgehead atoms. The Kier molecular flexibility index (Phi) is 3.84. The maximum absolute atomic E-state index is 11.9. The summed E-state index contributed by atoms with van der Waals surface area (Å²) in [6.45, 7) is 1.82. The van der Waals surface area contributed by atoms with Crippen molar-refractivity contribution in [2.45, 2.75) is 13.5 Å². The van der Waals surface area contributed by atoms with Gasteiger partial charge in [0.25, 0.3) is 5.91 Å². The second kappa shape index (κ2) is 5.37. The molecule has 0 fully saturated rings. The Morgan fingerprint density at radius 1 is 1.39 bits per heavy atom. The minimum Gasteiger partial charge on any atom is -0.444 e. The van der Waals surface area contributed by atoms with Crippen LogP contribution in [-0.2, 0) is 6.61 Å². The van der Waals surface area contributed by atoms with E-state index in [1.165, 1.54) is 0 Å². The maximum atomic E-state index is 11.9. The fraction of sp³-hybridized carbons (Fsp3) is 0.154. The number of benzene rings is 1. The molecule has 1 aromatic carbocycles. The Morgan fingerprint density at radius 3 is 2.78 bits per heavy atom. The van der Waals surface area contributed by atoms with E-state index < -0.39 is 0 Å². The first kappa shape index (κ1) is 12.9. The molecule has 5 heteroatoms. The Hall–Kier alpha value is -1.59. The molecule has 2 aromatic rings. The predicted octanol–water partition coefficient (Wildman–Crippen LogP) is 3.10. The summed E-state index contributed by atoms with van der Waals surface area (Å²) >= 11 is 3.14. The summed E-state index contributed by atoms with van der Waals surface area (Å²) in [5.41, 5.74) is 2.33. The number of rotatable bonds is 3. The molecule has 1 aromatic heterocycles. The minimum absolute atomic E-state index is 0.0601. The molecule has 1 heterocycles. The van der Waals surface area contributed by atoms with Crippen LogP contribution < -0.4 is 5.32 Å². The van der Waals surface area contributed by atoms with Gasteiger partial charge in [0.2, 0.25) is 0 Å². The summed E-state index contributed by atoms with van der Waals surface area (Å²) in [7, 11) is 0. The highest BCUT2D eigenvalue weighted by Gasteiger charge is 2.12. The van der Waals surface area contributed by atoms with Crippen molar-refractivity contribution in [1.82, 2.24) is 0 Å². The summed E-state index contributed by atoms with van der Waals surface area (Å²) < 4.78 is 5.68. The molecular weight excluding hydrogens is 298 g/mol. The lowest BCUT2D eigenvalue weighted by Crippen LogP contribution is -2.12. The molecule has 18 heavy (non-hydrogen) atoms. The second-order valence-corrected chi connectivity index (χ2v) is 4.65. The van der Waals surface area contributed by atoms with E-state index in [2.05, 4.69) is 21.2 Å². The van der Waals surface area contributed by atoms with Gasteiger partial charge in [0.1, 0.15) is 0 Å². The zero-order valence-corrected chi connectivity index (χ0v) is 11.3. The van der Waals surface area contributed by atoms with Crippen LogP contribution in [0.2, 0.25) is 0 Å². The van der Waals surface area contributed by atoms with E-state index in [9.17, 15) is 4.79 Å². The van der Waals surface area contributed by atoms with Crippen LogP contribution in [0.3, 0.4) is 0 Å². The fourth-order valence-electron chi connectivity index (χ4n) is 1.52. The van der Waals surface area contributed by atoms with Crippen LogP contribution in [0.15, 0.2) is 39.4 Å². The van der Waals surface area contributed by atoms with E-state index in [1.54, 1.807) is 18.2 Å². The van der Waals surface area contributed by atoms with Crippen LogP contribution in [0.4, 0.5) is 5.69 Å². The first-order valence-corrected chi connectivity index (χ1v) is 6.16. The number of furan rings is 1. The Morgan fingerprint density at radius 2 is 2.17 bits per heavy atom. The molecule has 0 unspecified atom stereocenters. The highest BCUT2D eigenvalue weighted by atomic mass is 79.9. The molecule has 0 aliphatic rings. The number of carbonyl (C=O) groups is 1. The summed E-state index contributed by atoms with van der Waals surface area (Å²) in [6, 6.07) is 8.65. The van der Waals surface area contributed by atoms with Crippen molar-refractivity contribution in [3.05, 3.63) is 51.9 Å². The standard InChI is InChI=1S/C13H12BrNO3/c1-8-2-3-9(7-16)6-10(8)15-13(17)11-4-5-12(14)18-11/h2-6,16H,7H2,1H3,(H,15,17). The van der Waals surface area contributed by atoms with Crippen molar-refractivity contribution in [3.63, 3.8) is 0 Å². The van der Waals surface area contributed by atoms with Gasteiger partial charge in [-0.05, 0) is 52.2 Å². The molecule has 2 N–H and O–H groups in total. The molecular formula is C13H12BrNO3. The van der Waals surface area contributed by atoms with Crippen molar-refractivity contribution in [2.24, 2.45) is 0 Å². The van der Waals surface area contributed by atoms with Crippen LogP contribution in [0.1, 0.15) is 21.7 Å². The monoisotopic (exact) mass is 309 g/mol. The van der Waals surface area contributed by atoms with Gasteiger partial charge in [-0.3, -0.25) is 4.79 Å². The van der Waals surface area contributed by atoms with Crippen molar-refractivity contribution >= 4 is 27.5 Å². The second-order valence-electron chi connectivity index (χ2n) is 3.87. The highest BCUT2D eigenvalue weighted by Crippen LogP contribution is 2.19. The van der Waals surface area contributed by atoms with Gasteiger partial charge in [0, 0.05) is 5.69 Å². The quantitative estimate of drug-likeness (QED) is 0.915. The molecule has 0 radical (unpaired) electrons. The van der Waals surface area contributed by atoms with E-state index in [0.29, 0.717) is 10.4 Å². The number of aryl methyl sites for hydroxylation is 1. The Balaban J connectivity index is 2.21. The zero-order chi connectivity index (χ0) is 13.1. The summed E-state index contributed by atoms with van der Waals surface area (Å²) in [4.78, 5) is 11.9. The van der Waals surface area contributed by atoms with E-state index in [0.717, 1.165) is 11.1 Å². The molecule has 0 saturated carbocycles. The maximum Gasteiger partial charge on any atom is 0.291 e.